The molecule has 1 unspecified atom stereocenters. The van der Waals surface area contributed by atoms with E-state index in [1.165, 1.54) is 7.11 Å². The van der Waals surface area contributed by atoms with E-state index in [4.69, 9.17) is 4.74 Å². The molecule has 0 spiro atoms. The molecule has 0 aromatic carbocycles. The number of carbonyl (C=O) groups is 2. The van der Waals surface area contributed by atoms with Gasteiger partial charge in [0.1, 0.15) is 12.6 Å². The number of hydrogen-bond donors (Lipinski definition) is 3. The quantitative estimate of drug-likeness (QED) is 0.616. The van der Waals surface area contributed by atoms with Crippen LogP contribution in [0.1, 0.15) is 26.7 Å². The van der Waals surface area contributed by atoms with Gasteiger partial charge >= 0.3 is 0 Å². The summed E-state index contributed by atoms with van der Waals surface area (Å²) in [6.07, 6.45) is 2.04. The first kappa shape index (κ1) is 15.9. The molecule has 0 radical (unpaired) electrons. The number of rotatable bonds is 6. The van der Waals surface area contributed by atoms with Crippen LogP contribution in [0.2, 0.25) is 0 Å². The number of amides is 2. The molecule has 0 saturated carbocycles. The van der Waals surface area contributed by atoms with E-state index in [9.17, 15) is 9.59 Å². The zero-order chi connectivity index (χ0) is 14.3. The van der Waals surface area contributed by atoms with E-state index in [0.29, 0.717) is 0 Å². The summed E-state index contributed by atoms with van der Waals surface area (Å²) in [5.74, 6) is -0.344. The number of hydrogen-bond acceptors (Lipinski definition) is 4. The molecule has 1 aliphatic rings. The fourth-order valence-corrected chi connectivity index (χ4v) is 2.15. The van der Waals surface area contributed by atoms with Crippen LogP contribution in [-0.4, -0.2) is 50.7 Å². The fourth-order valence-electron chi connectivity index (χ4n) is 2.15. The first-order chi connectivity index (χ1) is 9.04. The predicted molar refractivity (Wildman–Crippen MR) is 72.7 cm³/mol. The Kier molecular flexibility index (Phi) is 6.80. The van der Waals surface area contributed by atoms with Crippen molar-refractivity contribution in [1.82, 2.24) is 16.0 Å². The van der Waals surface area contributed by atoms with Gasteiger partial charge in [-0.1, -0.05) is 13.8 Å². The highest BCUT2D eigenvalue weighted by Crippen LogP contribution is 2.05. The highest BCUT2D eigenvalue weighted by molar-refractivity contribution is 5.88. The van der Waals surface area contributed by atoms with Crippen molar-refractivity contribution in [3.63, 3.8) is 0 Å². The average Bonchev–Trinajstić information content (AvgIpc) is 2.37. The van der Waals surface area contributed by atoms with E-state index in [2.05, 4.69) is 16.0 Å². The van der Waals surface area contributed by atoms with Gasteiger partial charge in [0.2, 0.25) is 11.8 Å². The molecule has 110 valence electrons. The topological polar surface area (TPSA) is 79.5 Å². The van der Waals surface area contributed by atoms with Crippen LogP contribution in [0.3, 0.4) is 0 Å². The lowest BCUT2D eigenvalue weighted by atomic mass is 10.0. The zero-order valence-electron chi connectivity index (χ0n) is 12.0. The molecule has 0 aliphatic carbocycles. The second-order valence-corrected chi connectivity index (χ2v) is 5.27. The lowest BCUT2D eigenvalue weighted by molar-refractivity contribution is -0.132. The van der Waals surface area contributed by atoms with Crippen LogP contribution in [0.5, 0.6) is 0 Å². The Hall–Kier alpha value is -1.14. The third-order valence-corrected chi connectivity index (χ3v) is 3.18. The summed E-state index contributed by atoms with van der Waals surface area (Å²) in [5, 5.41) is 8.95. The summed E-state index contributed by atoms with van der Waals surface area (Å²) in [5.41, 5.74) is 0. The highest BCUT2D eigenvalue weighted by Gasteiger charge is 2.26. The molecule has 19 heavy (non-hydrogen) atoms. The van der Waals surface area contributed by atoms with Gasteiger partial charge in [-0.25, -0.2) is 0 Å². The monoisotopic (exact) mass is 271 g/mol. The minimum Gasteiger partial charge on any atom is -0.375 e. The average molecular weight is 271 g/mol. The summed E-state index contributed by atoms with van der Waals surface area (Å²) in [7, 11) is 1.46. The Morgan fingerprint density at radius 1 is 1.42 bits per heavy atom. The highest BCUT2D eigenvalue weighted by atomic mass is 16.5. The first-order valence-electron chi connectivity index (χ1n) is 6.84. The van der Waals surface area contributed by atoms with E-state index >= 15 is 0 Å². The van der Waals surface area contributed by atoms with Crippen molar-refractivity contribution in [1.29, 1.82) is 0 Å². The van der Waals surface area contributed by atoms with Crippen molar-refractivity contribution < 1.29 is 14.3 Å². The SMILES string of the molecule is COCC(=O)N[C@H](C(=O)NC1CCCNC1)C(C)C. The van der Waals surface area contributed by atoms with Crippen molar-refractivity contribution in [3.05, 3.63) is 0 Å². The molecular weight excluding hydrogens is 246 g/mol. The van der Waals surface area contributed by atoms with Crippen molar-refractivity contribution in [3.8, 4) is 0 Å². The molecule has 1 heterocycles. The summed E-state index contributed by atoms with van der Waals surface area (Å²) >= 11 is 0. The third kappa shape index (κ3) is 5.57. The molecule has 1 fully saturated rings. The Morgan fingerprint density at radius 3 is 2.68 bits per heavy atom. The normalized spacial score (nSPS) is 20.9. The minimum atomic E-state index is -0.510. The van der Waals surface area contributed by atoms with Gasteiger partial charge in [0.05, 0.1) is 0 Å². The molecule has 0 bridgehead atoms. The third-order valence-electron chi connectivity index (χ3n) is 3.18. The Morgan fingerprint density at radius 2 is 2.16 bits per heavy atom. The summed E-state index contributed by atoms with van der Waals surface area (Å²) in [4.78, 5) is 23.7. The maximum absolute atomic E-state index is 12.2. The minimum absolute atomic E-state index is 0.0263. The first-order valence-corrected chi connectivity index (χ1v) is 6.84. The molecule has 0 aromatic heterocycles. The molecule has 6 heteroatoms. The van der Waals surface area contributed by atoms with Crippen molar-refractivity contribution in [2.75, 3.05) is 26.8 Å². The van der Waals surface area contributed by atoms with E-state index in [0.717, 1.165) is 25.9 Å². The van der Waals surface area contributed by atoms with Crippen molar-refractivity contribution >= 4 is 11.8 Å². The van der Waals surface area contributed by atoms with Gasteiger partial charge < -0.3 is 20.7 Å². The van der Waals surface area contributed by atoms with E-state index in [1.807, 2.05) is 13.8 Å². The summed E-state index contributed by atoms with van der Waals surface area (Å²) < 4.78 is 4.76. The molecule has 0 aromatic rings. The van der Waals surface area contributed by atoms with Gasteiger partial charge in [-0.2, -0.15) is 0 Å². The molecule has 6 nitrogen and oxygen atoms in total. The standard InChI is InChI=1S/C13H25N3O3/c1-9(2)12(16-11(17)8-19-3)13(18)15-10-5-4-6-14-7-10/h9-10,12,14H,4-8H2,1-3H3,(H,15,18)(H,16,17)/t10?,12-/m0/s1. The van der Waals surface area contributed by atoms with Gasteiger partial charge in [-0.3, -0.25) is 9.59 Å². The van der Waals surface area contributed by atoms with Crippen LogP contribution in [0.25, 0.3) is 0 Å². The van der Waals surface area contributed by atoms with E-state index in [-0.39, 0.29) is 30.4 Å². The smallest absolute Gasteiger partial charge is 0.246 e. The van der Waals surface area contributed by atoms with E-state index in [1.54, 1.807) is 0 Å². The number of methoxy groups -OCH3 is 1. The maximum atomic E-state index is 12.2. The fraction of sp³-hybridized carbons (Fsp3) is 0.846. The lowest BCUT2D eigenvalue weighted by Crippen LogP contribution is -2.55. The number of ether oxygens (including phenoxy) is 1. The van der Waals surface area contributed by atoms with Crippen LogP contribution >= 0.6 is 0 Å². The van der Waals surface area contributed by atoms with Gasteiger partial charge in [0, 0.05) is 19.7 Å². The van der Waals surface area contributed by atoms with Crippen LogP contribution < -0.4 is 16.0 Å². The lowest BCUT2D eigenvalue weighted by Gasteiger charge is -2.28. The number of nitrogens with one attached hydrogen (secondary N) is 3. The molecule has 1 saturated heterocycles. The van der Waals surface area contributed by atoms with Gasteiger partial charge in [-0.15, -0.1) is 0 Å². The molecule has 2 atom stereocenters. The zero-order valence-corrected chi connectivity index (χ0v) is 12.0. The second-order valence-electron chi connectivity index (χ2n) is 5.27. The molecular formula is C13H25N3O3. The number of piperidine rings is 1. The molecule has 1 aliphatic heterocycles. The summed E-state index contributed by atoms with van der Waals surface area (Å²) in [6.45, 7) is 5.60. The number of carbonyl (C=O) groups excluding carboxylic acids is 2. The van der Waals surface area contributed by atoms with Crippen LogP contribution in [0.4, 0.5) is 0 Å². The van der Waals surface area contributed by atoms with Crippen LogP contribution in [-0.2, 0) is 14.3 Å². The van der Waals surface area contributed by atoms with Gasteiger partial charge in [0.25, 0.3) is 0 Å². The largest absolute Gasteiger partial charge is 0.375 e. The van der Waals surface area contributed by atoms with Crippen LogP contribution in [0, 0.1) is 5.92 Å². The molecule has 2 amide bonds. The molecule has 3 N–H and O–H groups in total. The van der Waals surface area contributed by atoms with Crippen molar-refractivity contribution in [2.24, 2.45) is 5.92 Å². The Labute approximate surface area is 114 Å². The van der Waals surface area contributed by atoms with Gasteiger partial charge in [0.15, 0.2) is 0 Å². The maximum Gasteiger partial charge on any atom is 0.246 e. The Bertz CT molecular complexity index is 302. The van der Waals surface area contributed by atoms with Crippen molar-refractivity contribution in [2.45, 2.75) is 38.8 Å². The molecule has 1 rings (SSSR count). The second kappa shape index (κ2) is 8.12. The van der Waals surface area contributed by atoms with Gasteiger partial charge in [-0.05, 0) is 25.3 Å². The Balaban J connectivity index is 2.49. The predicted octanol–water partition coefficient (Wildman–Crippen LogP) is -0.358. The van der Waals surface area contributed by atoms with Crippen LogP contribution in [0.15, 0.2) is 0 Å². The summed E-state index contributed by atoms with van der Waals surface area (Å²) in [6, 6.07) is -0.355. The van der Waals surface area contributed by atoms with E-state index < -0.39 is 6.04 Å².